The minimum absolute atomic E-state index is 0.0182. The standard InChI is InChI=1S/C25H30N2O8S/c1-15-9-10-17(19(12-15)36(33)34)13-18(27-24(32)35-14-16-6-3-2-4-7-16)21(28)22(29)25(23(30)31)11-5-8-20(25)26/h2-4,6-7,9-10,12,17-18,20-21,28H,5,8,11,13-14,26H2,1H3,(H,27,32)(H,30,31)/t17?,18-,20?,21+,25?/m1/s1. The number of carbonyl (C=O) groups is 3. The van der Waals surface area contributed by atoms with Crippen LogP contribution in [0.1, 0.15) is 38.2 Å². The maximum absolute atomic E-state index is 13.4. The Hall–Kier alpha value is -3.28. The zero-order valence-corrected chi connectivity index (χ0v) is 20.6. The lowest BCUT2D eigenvalue weighted by Gasteiger charge is -2.33. The molecule has 11 heteroatoms. The second-order valence-corrected chi connectivity index (χ2v) is 10.1. The van der Waals surface area contributed by atoms with Crippen LogP contribution in [0.25, 0.3) is 0 Å². The highest BCUT2D eigenvalue weighted by Crippen LogP contribution is 2.40. The van der Waals surface area contributed by atoms with Gasteiger partial charge in [0.15, 0.2) is 5.78 Å². The third kappa shape index (κ3) is 5.92. The number of ether oxygens (including phenoxy) is 1. The first-order valence-electron chi connectivity index (χ1n) is 11.6. The number of aliphatic carboxylic acids is 1. The Morgan fingerprint density at radius 2 is 1.94 bits per heavy atom. The van der Waals surface area contributed by atoms with Crippen LogP contribution in [0.2, 0.25) is 0 Å². The number of alkyl carbamates (subject to hydrolysis) is 1. The predicted molar refractivity (Wildman–Crippen MR) is 131 cm³/mol. The molecular weight excluding hydrogens is 488 g/mol. The number of carboxylic acid groups (broad SMARTS) is 1. The Balaban J connectivity index is 1.87. The summed E-state index contributed by atoms with van der Waals surface area (Å²) in [5.41, 5.74) is 5.39. The highest BCUT2D eigenvalue weighted by Gasteiger charge is 2.56. The molecule has 0 heterocycles. The smallest absolute Gasteiger partial charge is 0.407 e. The largest absolute Gasteiger partial charge is 0.480 e. The first-order valence-corrected chi connectivity index (χ1v) is 12.6. The number of hydrogen-bond acceptors (Lipinski definition) is 8. The van der Waals surface area contributed by atoms with Crippen LogP contribution in [0.5, 0.6) is 0 Å². The maximum atomic E-state index is 13.4. The second-order valence-electron chi connectivity index (χ2n) is 9.12. The molecule has 2 aliphatic carbocycles. The van der Waals surface area contributed by atoms with E-state index in [0.29, 0.717) is 24.0 Å². The van der Waals surface area contributed by atoms with Crippen LogP contribution in [0.15, 0.2) is 54.1 Å². The minimum atomic E-state index is -2.59. The van der Waals surface area contributed by atoms with E-state index in [1.165, 1.54) is 6.08 Å². The van der Waals surface area contributed by atoms with Crippen molar-refractivity contribution in [3.8, 4) is 0 Å². The van der Waals surface area contributed by atoms with Crippen molar-refractivity contribution in [1.29, 1.82) is 0 Å². The summed E-state index contributed by atoms with van der Waals surface area (Å²) in [5.74, 6) is -3.23. The number of aliphatic hydroxyl groups is 1. The van der Waals surface area contributed by atoms with Gasteiger partial charge in [-0.25, -0.2) is 4.79 Å². The zero-order valence-electron chi connectivity index (χ0n) is 19.8. The van der Waals surface area contributed by atoms with Gasteiger partial charge in [0, 0.05) is 12.0 Å². The van der Waals surface area contributed by atoms with Crippen molar-refractivity contribution in [2.75, 3.05) is 0 Å². The van der Waals surface area contributed by atoms with Crippen LogP contribution in [0, 0.1) is 11.3 Å². The summed E-state index contributed by atoms with van der Waals surface area (Å²) in [6.45, 7) is 1.63. The minimum Gasteiger partial charge on any atom is -0.480 e. The van der Waals surface area contributed by atoms with Crippen LogP contribution in [0.4, 0.5) is 4.79 Å². The molecule has 5 N–H and O–H groups in total. The first kappa shape index (κ1) is 27.3. The lowest BCUT2D eigenvalue weighted by molar-refractivity contribution is -0.159. The summed E-state index contributed by atoms with van der Waals surface area (Å²) >= 11 is 0. The third-order valence-corrected chi connectivity index (χ3v) is 7.54. The molecular formula is C25H30N2O8S. The van der Waals surface area contributed by atoms with Gasteiger partial charge in [0.1, 0.15) is 18.1 Å². The van der Waals surface area contributed by atoms with Gasteiger partial charge < -0.3 is 26.0 Å². The van der Waals surface area contributed by atoms with Crippen LogP contribution < -0.4 is 11.1 Å². The fourth-order valence-corrected chi connectivity index (χ4v) is 5.43. The van der Waals surface area contributed by atoms with Crippen LogP contribution in [-0.4, -0.2) is 59.5 Å². The normalized spacial score (nSPS) is 25.0. The molecule has 194 valence electrons. The van der Waals surface area contributed by atoms with Crippen molar-refractivity contribution in [2.24, 2.45) is 17.1 Å². The summed E-state index contributed by atoms with van der Waals surface area (Å²) in [4.78, 5) is 38.1. The number of amides is 1. The fourth-order valence-electron chi connectivity index (χ4n) is 4.72. The molecule has 0 saturated heterocycles. The number of carbonyl (C=O) groups excluding carboxylic acids is 2. The molecule has 1 amide bonds. The van der Waals surface area contributed by atoms with Crippen molar-refractivity contribution in [2.45, 2.75) is 57.4 Å². The number of carboxylic acids is 1. The highest BCUT2D eigenvalue weighted by molar-refractivity contribution is 7.73. The van der Waals surface area contributed by atoms with Gasteiger partial charge in [-0.05, 0) is 37.8 Å². The van der Waals surface area contributed by atoms with E-state index in [2.05, 4.69) is 5.32 Å². The van der Waals surface area contributed by atoms with Crippen molar-refractivity contribution in [3.05, 3.63) is 59.7 Å². The Kier molecular flexibility index (Phi) is 8.83. The van der Waals surface area contributed by atoms with Gasteiger partial charge in [0.05, 0.1) is 10.9 Å². The summed E-state index contributed by atoms with van der Waals surface area (Å²) in [5, 5.41) is 23.4. The molecule has 3 rings (SSSR count). The number of ketones is 1. The number of nitrogens with one attached hydrogen (secondary N) is 1. The molecule has 0 radical (unpaired) electrons. The number of benzene rings is 1. The van der Waals surface area contributed by atoms with E-state index >= 15 is 0 Å². The lowest BCUT2D eigenvalue weighted by Crippen LogP contribution is -2.58. The van der Waals surface area contributed by atoms with E-state index in [1.807, 2.05) is 0 Å². The molecule has 1 saturated carbocycles. The molecule has 0 aliphatic heterocycles. The van der Waals surface area contributed by atoms with Gasteiger partial charge in [0.2, 0.25) is 10.3 Å². The number of allylic oxidation sites excluding steroid dienone is 4. The summed E-state index contributed by atoms with van der Waals surface area (Å²) in [7, 11) is -2.59. The number of Topliss-reactive ketones (excluding diaryl/α,β-unsaturated/α-hetero) is 1. The molecule has 5 atom stereocenters. The lowest BCUT2D eigenvalue weighted by atomic mass is 9.74. The van der Waals surface area contributed by atoms with E-state index in [9.17, 15) is 33.0 Å². The van der Waals surface area contributed by atoms with E-state index < -0.39 is 57.7 Å². The average Bonchev–Trinajstić information content (AvgIpc) is 3.25. The monoisotopic (exact) mass is 518 g/mol. The zero-order chi connectivity index (χ0) is 26.5. The number of nitrogens with two attached hydrogens (primary N) is 1. The van der Waals surface area contributed by atoms with Crippen LogP contribution in [-0.2, 0) is 31.2 Å². The second kappa shape index (κ2) is 11.6. The molecule has 0 spiro atoms. The molecule has 1 fully saturated rings. The van der Waals surface area contributed by atoms with Crippen molar-refractivity contribution in [3.63, 3.8) is 0 Å². The fraction of sp³-hybridized carbons (Fsp3) is 0.440. The summed E-state index contributed by atoms with van der Waals surface area (Å²) in [6.07, 6.45) is 2.28. The molecule has 10 nitrogen and oxygen atoms in total. The predicted octanol–water partition coefficient (Wildman–Crippen LogP) is 1.37. The topological polar surface area (TPSA) is 173 Å². The number of hydrogen-bond donors (Lipinski definition) is 4. The Labute approximate surface area is 210 Å². The number of aliphatic hydroxyl groups excluding tert-OH is 1. The summed E-state index contributed by atoms with van der Waals surface area (Å²) in [6, 6.07) is 6.48. The molecule has 1 aromatic carbocycles. The average molecular weight is 519 g/mol. The van der Waals surface area contributed by atoms with Crippen molar-refractivity contribution in [1.82, 2.24) is 5.32 Å². The van der Waals surface area contributed by atoms with Crippen LogP contribution >= 0.6 is 0 Å². The van der Waals surface area contributed by atoms with Crippen LogP contribution in [0.3, 0.4) is 0 Å². The quantitative estimate of drug-likeness (QED) is 0.278. The van der Waals surface area contributed by atoms with E-state index in [0.717, 1.165) is 0 Å². The SMILES string of the molecule is CC1=CC(=S(=O)=O)C(C[C@@H](NC(=O)OCc2ccccc2)[C@H](O)C(=O)C2(C(=O)O)CCCC2N)C=C1. The van der Waals surface area contributed by atoms with Gasteiger partial charge in [-0.2, -0.15) is 8.42 Å². The van der Waals surface area contributed by atoms with E-state index in [4.69, 9.17) is 10.5 Å². The van der Waals surface area contributed by atoms with E-state index in [-0.39, 0.29) is 24.3 Å². The van der Waals surface area contributed by atoms with Gasteiger partial charge in [-0.3, -0.25) is 9.59 Å². The Morgan fingerprint density at radius 1 is 1.25 bits per heavy atom. The highest BCUT2D eigenvalue weighted by atomic mass is 32.2. The third-order valence-electron chi connectivity index (χ3n) is 6.73. The molecule has 2 aliphatic rings. The molecule has 3 unspecified atom stereocenters. The van der Waals surface area contributed by atoms with Crippen molar-refractivity contribution >= 4 is 33.0 Å². The Morgan fingerprint density at radius 3 is 2.53 bits per heavy atom. The first-order chi connectivity index (χ1) is 17.1. The Bertz CT molecular complexity index is 1200. The van der Waals surface area contributed by atoms with Crippen molar-refractivity contribution < 1.29 is 37.8 Å². The molecule has 1 aromatic rings. The van der Waals surface area contributed by atoms with Gasteiger partial charge in [-0.15, -0.1) is 0 Å². The maximum Gasteiger partial charge on any atom is 0.407 e. The molecule has 36 heavy (non-hydrogen) atoms. The van der Waals surface area contributed by atoms with E-state index in [1.54, 1.807) is 49.4 Å². The summed E-state index contributed by atoms with van der Waals surface area (Å²) < 4.78 is 28.9. The molecule has 0 aromatic heterocycles. The number of rotatable bonds is 9. The van der Waals surface area contributed by atoms with Gasteiger partial charge in [-0.1, -0.05) is 54.5 Å². The molecule has 0 bridgehead atoms. The van der Waals surface area contributed by atoms with Gasteiger partial charge in [0.25, 0.3) is 0 Å². The van der Waals surface area contributed by atoms with Gasteiger partial charge >= 0.3 is 12.1 Å².